The van der Waals surface area contributed by atoms with Crippen molar-refractivity contribution in [3.05, 3.63) is 75.5 Å². The number of Topliss-reactive ketones (excluding diaryl/α,β-unsaturated/α-hetero) is 1. The number of hydrogen-bond donors (Lipinski definition) is 1. The summed E-state index contributed by atoms with van der Waals surface area (Å²) in [4.78, 5) is 37.0. The molecule has 9 heteroatoms. The molecule has 0 aliphatic carbocycles. The molecule has 4 rings (SSSR count). The molecule has 1 aliphatic rings. The first-order valence-corrected chi connectivity index (χ1v) is 11.1. The van der Waals surface area contributed by atoms with Gasteiger partial charge < -0.3 is 19.3 Å². The average molecular weight is 453 g/mol. The van der Waals surface area contributed by atoms with E-state index >= 15 is 0 Å². The minimum Gasteiger partial charge on any atom is -0.503 e. The lowest BCUT2D eigenvalue weighted by atomic mass is 9.94. The minimum atomic E-state index is -0.754. The van der Waals surface area contributed by atoms with Crippen molar-refractivity contribution in [2.75, 3.05) is 13.7 Å². The van der Waals surface area contributed by atoms with Crippen LogP contribution in [-0.4, -0.2) is 49.9 Å². The van der Waals surface area contributed by atoms with Crippen molar-refractivity contribution in [3.63, 3.8) is 0 Å². The predicted molar refractivity (Wildman–Crippen MR) is 120 cm³/mol. The van der Waals surface area contributed by atoms with Gasteiger partial charge in [-0.25, -0.2) is 9.97 Å². The average Bonchev–Trinajstić information content (AvgIpc) is 3.48. The summed E-state index contributed by atoms with van der Waals surface area (Å²) in [6.45, 7) is 4.58. The van der Waals surface area contributed by atoms with E-state index in [1.54, 1.807) is 37.5 Å². The third kappa shape index (κ3) is 3.91. The quantitative estimate of drug-likeness (QED) is 0.524. The zero-order valence-corrected chi connectivity index (χ0v) is 18.9. The molecule has 0 saturated carbocycles. The molecule has 0 fully saturated rings. The molecule has 2 aromatic heterocycles. The molecule has 1 atom stereocenters. The maximum atomic E-state index is 13.5. The van der Waals surface area contributed by atoms with Gasteiger partial charge in [-0.3, -0.25) is 9.59 Å². The van der Waals surface area contributed by atoms with Crippen LogP contribution in [0, 0.1) is 13.8 Å². The molecule has 3 aromatic rings. The normalized spacial score (nSPS) is 16.2. The summed E-state index contributed by atoms with van der Waals surface area (Å²) in [6.07, 6.45) is 5.88. The molecule has 1 amide bonds. The summed E-state index contributed by atoms with van der Waals surface area (Å²) in [6, 6.07) is 6.49. The Kier molecular flexibility index (Phi) is 6.09. The van der Waals surface area contributed by atoms with Crippen molar-refractivity contribution < 1.29 is 19.4 Å². The molecular formula is C23H24N4O4S. The van der Waals surface area contributed by atoms with E-state index in [1.807, 2.05) is 35.9 Å². The first-order chi connectivity index (χ1) is 15.4. The number of imidazole rings is 1. The van der Waals surface area contributed by atoms with Gasteiger partial charge in [0.25, 0.3) is 5.91 Å². The van der Waals surface area contributed by atoms with Crippen LogP contribution in [0.1, 0.15) is 38.4 Å². The highest BCUT2D eigenvalue weighted by molar-refractivity contribution is 7.14. The summed E-state index contributed by atoms with van der Waals surface area (Å²) in [5.74, 6) is -0.915. The van der Waals surface area contributed by atoms with Crippen molar-refractivity contribution >= 4 is 23.0 Å². The van der Waals surface area contributed by atoms with E-state index in [-0.39, 0.29) is 11.4 Å². The van der Waals surface area contributed by atoms with Crippen molar-refractivity contribution in [1.29, 1.82) is 0 Å². The number of hydrogen-bond acceptors (Lipinski definition) is 7. The maximum Gasteiger partial charge on any atom is 0.290 e. The van der Waals surface area contributed by atoms with Crippen LogP contribution in [0.15, 0.2) is 54.3 Å². The van der Waals surface area contributed by atoms with Gasteiger partial charge in [0.1, 0.15) is 5.75 Å². The van der Waals surface area contributed by atoms with Gasteiger partial charge in [0.2, 0.25) is 5.78 Å². The van der Waals surface area contributed by atoms with Gasteiger partial charge in [0, 0.05) is 31.0 Å². The molecule has 8 nitrogen and oxygen atoms in total. The van der Waals surface area contributed by atoms with Gasteiger partial charge in [0.15, 0.2) is 5.76 Å². The fraction of sp³-hybridized carbons (Fsp3) is 0.304. The Morgan fingerprint density at radius 3 is 2.69 bits per heavy atom. The summed E-state index contributed by atoms with van der Waals surface area (Å²) in [7, 11) is 1.54. The number of aliphatic hydroxyl groups excluding tert-OH is 1. The van der Waals surface area contributed by atoms with Gasteiger partial charge in [-0.15, -0.1) is 11.3 Å². The van der Waals surface area contributed by atoms with Crippen molar-refractivity contribution in [1.82, 2.24) is 19.4 Å². The molecule has 0 bridgehead atoms. The highest BCUT2D eigenvalue weighted by Gasteiger charge is 2.45. The van der Waals surface area contributed by atoms with Gasteiger partial charge in [-0.2, -0.15) is 0 Å². The Morgan fingerprint density at radius 2 is 2.03 bits per heavy atom. The third-order valence-electron chi connectivity index (χ3n) is 5.47. The van der Waals surface area contributed by atoms with Crippen molar-refractivity contribution in [2.24, 2.45) is 0 Å². The lowest BCUT2D eigenvalue weighted by Crippen LogP contribution is -2.32. The molecule has 0 unspecified atom stereocenters. The van der Waals surface area contributed by atoms with E-state index in [1.165, 1.54) is 11.3 Å². The van der Waals surface area contributed by atoms with Crippen molar-refractivity contribution in [3.8, 4) is 5.75 Å². The number of carbonyl (C=O) groups excluding carboxylic acids is 2. The van der Waals surface area contributed by atoms with Crippen LogP contribution in [0.4, 0.5) is 0 Å². The number of benzene rings is 1. The highest BCUT2D eigenvalue weighted by atomic mass is 32.1. The fourth-order valence-electron chi connectivity index (χ4n) is 4.04. The van der Waals surface area contributed by atoms with Crippen LogP contribution < -0.4 is 4.74 Å². The van der Waals surface area contributed by atoms with E-state index in [0.29, 0.717) is 41.4 Å². The van der Waals surface area contributed by atoms with E-state index < -0.39 is 17.7 Å². The monoisotopic (exact) mass is 452 g/mol. The molecule has 166 valence electrons. The Morgan fingerprint density at radius 1 is 1.25 bits per heavy atom. The Balaban J connectivity index is 1.73. The molecule has 32 heavy (non-hydrogen) atoms. The number of ketones is 1. The Bertz CT molecular complexity index is 1180. The number of aromatic nitrogens is 3. The van der Waals surface area contributed by atoms with Gasteiger partial charge >= 0.3 is 0 Å². The molecule has 1 aliphatic heterocycles. The first kappa shape index (κ1) is 21.8. The van der Waals surface area contributed by atoms with E-state index in [0.717, 1.165) is 5.01 Å². The van der Waals surface area contributed by atoms with Crippen molar-refractivity contribution in [2.45, 2.75) is 32.9 Å². The smallest absolute Gasteiger partial charge is 0.290 e. The van der Waals surface area contributed by atoms with Crippen LogP contribution in [0.5, 0.6) is 5.75 Å². The summed E-state index contributed by atoms with van der Waals surface area (Å²) in [5, 5.41) is 11.6. The SMILES string of the molecule is COc1ccccc1[C@H]1C(C(=O)c2sc(C)nc2C)=C(O)C(=O)N1CCCn1ccnc1. The minimum absolute atomic E-state index is 0.0638. The van der Waals surface area contributed by atoms with Gasteiger partial charge in [-0.1, -0.05) is 18.2 Å². The number of methoxy groups -OCH3 is 1. The number of para-hydroxylation sites is 1. The number of rotatable bonds is 8. The number of thiazole rings is 1. The molecule has 3 heterocycles. The number of amides is 1. The Labute approximate surface area is 189 Å². The second kappa shape index (κ2) is 8.96. The molecule has 1 N–H and O–H groups in total. The van der Waals surface area contributed by atoms with Crippen LogP contribution in [-0.2, 0) is 11.3 Å². The molecule has 1 aromatic carbocycles. The Hall–Kier alpha value is -3.46. The number of nitrogens with zero attached hydrogens (tertiary/aromatic N) is 4. The molecule has 0 radical (unpaired) electrons. The topological polar surface area (TPSA) is 97.5 Å². The maximum absolute atomic E-state index is 13.5. The number of carbonyl (C=O) groups is 2. The van der Waals surface area contributed by atoms with Gasteiger partial charge in [-0.05, 0) is 26.3 Å². The number of aliphatic hydroxyl groups is 1. The highest BCUT2D eigenvalue weighted by Crippen LogP contribution is 2.43. The zero-order valence-electron chi connectivity index (χ0n) is 18.1. The summed E-state index contributed by atoms with van der Waals surface area (Å²) < 4.78 is 7.44. The lowest BCUT2D eigenvalue weighted by Gasteiger charge is -2.28. The van der Waals surface area contributed by atoms with E-state index in [4.69, 9.17) is 4.74 Å². The molecule has 0 spiro atoms. The fourth-order valence-corrected chi connectivity index (χ4v) is 4.91. The van der Waals surface area contributed by atoms with E-state index in [9.17, 15) is 14.7 Å². The van der Waals surface area contributed by atoms with Crippen LogP contribution >= 0.6 is 11.3 Å². The standard InChI is InChI=1S/C23H24N4O4S/c1-14-22(32-15(2)25-14)20(28)18-19(16-7-4-5-8-17(16)31-3)27(23(30)21(18)29)11-6-10-26-12-9-24-13-26/h4-5,7-9,12-13,19,29H,6,10-11H2,1-3H3/t19-/m0/s1. The predicted octanol–water partition coefficient (Wildman–Crippen LogP) is 3.63. The molecular weight excluding hydrogens is 428 g/mol. The second-order valence-corrected chi connectivity index (χ2v) is 8.74. The number of aryl methyl sites for hydroxylation is 3. The summed E-state index contributed by atoms with van der Waals surface area (Å²) in [5.41, 5.74) is 1.30. The molecule has 0 saturated heterocycles. The lowest BCUT2D eigenvalue weighted by molar-refractivity contribution is -0.129. The van der Waals surface area contributed by atoms with Crippen LogP contribution in [0.2, 0.25) is 0 Å². The zero-order chi connectivity index (χ0) is 22.8. The first-order valence-electron chi connectivity index (χ1n) is 10.2. The third-order valence-corrected chi connectivity index (χ3v) is 6.54. The van der Waals surface area contributed by atoms with Crippen LogP contribution in [0.25, 0.3) is 0 Å². The number of ether oxygens (including phenoxy) is 1. The summed E-state index contributed by atoms with van der Waals surface area (Å²) >= 11 is 1.26. The van der Waals surface area contributed by atoms with Gasteiger partial charge in [0.05, 0.1) is 40.6 Å². The van der Waals surface area contributed by atoms with E-state index in [2.05, 4.69) is 9.97 Å². The van der Waals surface area contributed by atoms with Crippen LogP contribution in [0.3, 0.4) is 0 Å². The largest absolute Gasteiger partial charge is 0.503 e. The second-order valence-electron chi connectivity index (χ2n) is 7.54.